The van der Waals surface area contributed by atoms with Crippen molar-refractivity contribution in [1.82, 2.24) is 14.7 Å². The van der Waals surface area contributed by atoms with Gasteiger partial charge in [-0.3, -0.25) is 14.4 Å². The van der Waals surface area contributed by atoms with E-state index in [-0.39, 0.29) is 30.2 Å². The summed E-state index contributed by atoms with van der Waals surface area (Å²) < 4.78 is 6.89. The fraction of sp³-hybridized carbons (Fsp3) is 0.629. The maximum atomic E-state index is 14.7. The first-order valence-corrected chi connectivity index (χ1v) is 16.1. The number of hydrogen-bond acceptors (Lipinski definition) is 5. The molecule has 1 N–H and O–H groups in total. The summed E-state index contributed by atoms with van der Waals surface area (Å²) in [5.41, 5.74) is -1.03. The van der Waals surface area contributed by atoms with Crippen LogP contribution in [0.2, 0.25) is 0 Å². The number of aliphatic hydroxyl groups excluding tert-OH is 1. The summed E-state index contributed by atoms with van der Waals surface area (Å²) in [6.45, 7) is 17.2. The lowest BCUT2D eigenvalue weighted by atomic mass is 9.66. The summed E-state index contributed by atoms with van der Waals surface area (Å²) in [5.74, 6) is -2.21. The van der Waals surface area contributed by atoms with Crippen LogP contribution in [0.3, 0.4) is 0 Å². The van der Waals surface area contributed by atoms with Crippen LogP contribution in [0.5, 0.6) is 0 Å². The van der Waals surface area contributed by atoms with Gasteiger partial charge >= 0.3 is 0 Å². The number of carbonyl (C=O) groups excluding carboxylic acids is 3. The lowest BCUT2D eigenvalue weighted by molar-refractivity contribution is -0.157. The Hall–Kier alpha value is -2.97. The predicted molar refractivity (Wildman–Crippen MR) is 168 cm³/mol. The van der Waals surface area contributed by atoms with E-state index in [1.807, 2.05) is 51.1 Å². The Bertz CT molecular complexity index is 1170. The quantitative estimate of drug-likeness (QED) is 0.224. The molecular formula is C35H51N3O5. The number of hydrogen-bond donors (Lipinski definition) is 1. The normalized spacial score (nSPS) is 28.8. The van der Waals surface area contributed by atoms with Gasteiger partial charge in [-0.15, -0.1) is 13.2 Å². The van der Waals surface area contributed by atoms with Crippen LogP contribution in [0.15, 0.2) is 55.6 Å². The molecule has 43 heavy (non-hydrogen) atoms. The number of rotatable bonds is 16. The van der Waals surface area contributed by atoms with Crippen molar-refractivity contribution in [1.29, 1.82) is 0 Å². The summed E-state index contributed by atoms with van der Waals surface area (Å²) in [7, 11) is 0. The van der Waals surface area contributed by atoms with Crippen LogP contribution in [-0.2, 0) is 25.7 Å². The SMILES string of the molecule is C=CCN(CCCCC)C(=O)C1N([C@@H](CO)[C@@H](C)CC)C(=O)[C@@H]2[C@H](C(=O)N(CC=C)Cc3ccccc3)[C@]3(C)CCC12O3. The highest BCUT2D eigenvalue weighted by molar-refractivity contribution is 5.99. The fourth-order valence-electron chi connectivity index (χ4n) is 7.75. The Labute approximate surface area is 257 Å². The minimum Gasteiger partial charge on any atom is -0.394 e. The van der Waals surface area contributed by atoms with Gasteiger partial charge in [0.15, 0.2) is 0 Å². The van der Waals surface area contributed by atoms with Gasteiger partial charge in [-0.05, 0) is 37.7 Å². The molecule has 0 aliphatic carbocycles. The second-order valence-corrected chi connectivity index (χ2v) is 12.9. The zero-order chi connectivity index (χ0) is 31.4. The summed E-state index contributed by atoms with van der Waals surface area (Å²) in [6, 6.07) is 8.30. The molecule has 1 spiro atoms. The van der Waals surface area contributed by atoms with E-state index in [4.69, 9.17) is 4.74 Å². The highest BCUT2D eigenvalue weighted by Crippen LogP contribution is 2.64. The van der Waals surface area contributed by atoms with Crippen LogP contribution in [0, 0.1) is 17.8 Å². The number of fused-ring (bicyclic) bond motifs is 1. The molecule has 8 heteroatoms. The van der Waals surface area contributed by atoms with Gasteiger partial charge in [-0.1, -0.05) is 82.5 Å². The molecule has 2 unspecified atom stereocenters. The maximum absolute atomic E-state index is 14.7. The summed E-state index contributed by atoms with van der Waals surface area (Å²) in [4.78, 5) is 49.0. The van der Waals surface area contributed by atoms with Crippen molar-refractivity contribution in [2.75, 3.05) is 26.2 Å². The number of unbranched alkanes of at least 4 members (excludes halogenated alkanes) is 2. The monoisotopic (exact) mass is 593 g/mol. The molecule has 3 fully saturated rings. The molecule has 4 rings (SSSR count). The highest BCUT2D eigenvalue weighted by Gasteiger charge is 2.79. The van der Waals surface area contributed by atoms with Crippen molar-refractivity contribution in [3.05, 3.63) is 61.2 Å². The van der Waals surface area contributed by atoms with Gasteiger partial charge in [-0.2, -0.15) is 0 Å². The van der Waals surface area contributed by atoms with E-state index in [1.54, 1.807) is 26.9 Å². The molecule has 3 aliphatic heterocycles. The molecule has 3 aliphatic rings. The maximum Gasteiger partial charge on any atom is 0.248 e. The lowest BCUT2D eigenvalue weighted by Gasteiger charge is -2.41. The van der Waals surface area contributed by atoms with E-state index >= 15 is 0 Å². The Morgan fingerprint density at radius 3 is 2.37 bits per heavy atom. The summed E-state index contributed by atoms with van der Waals surface area (Å²) in [6.07, 6.45) is 8.08. The second-order valence-electron chi connectivity index (χ2n) is 12.9. The van der Waals surface area contributed by atoms with Crippen molar-refractivity contribution < 1.29 is 24.2 Å². The van der Waals surface area contributed by atoms with Gasteiger partial charge in [0.05, 0.1) is 30.1 Å². The fourth-order valence-corrected chi connectivity index (χ4v) is 7.75. The van der Waals surface area contributed by atoms with Crippen molar-refractivity contribution in [2.45, 2.75) is 96.1 Å². The van der Waals surface area contributed by atoms with E-state index < -0.39 is 35.1 Å². The predicted octanol–water partition coefficient (Wildman–Crippen LogP) is 4.58. The molecular weight excluding hydrogens is 542 g/mol. The minimum atomic E-state index is -1.14. The van der Waals surface area contributed by atoms with Crippen LogP contribution in [0.1, 0.15) is 71.8 Å². The molecule has 1 aromatic rings. The molecule has 7 atom stereocenters. The average Bonchev–Trinajstić information content (AvgIpc) is 3.57. The number of aliphatic hydroxyl groups is 1. The molecule has 1 aromatic carbocycles. The first-order valence-electron chi connectivity index (χ1n) is 16.1. The van der Waals surface area contributed by atoms with Gasteiger partial charge < -0.3 is 24.5 Å². The molecule has 236 valence electrons. The Morgan fingerprint density at radius 2 is 1.77 bits per heavy atom. The third-order valence-electron chi connectivity index (χ3n) is 10.1. The molecule has 0 radical (unpaired) electrons. The zero-order valence-corrected chi connectivity index (χ0v) is 26.5. The van der Waals surface area contributed by atoms with E-state index in [9.17, 15) is 19.5 Å². The van der Waals surface area contributed by atoms with Crippen LogP contribution in [0.25, 0.3) is 0 Å². The smallest absolute Gasteiger partial charge is 0.248 e. The van der Waals surface area contributed by atoms with Crippen LogP contribution >= 0.6 is 0 Å². The molecule has 3 saturated heterocycles. The zero-order valence-electron chi connectivity index (χ0n) is 26.5. The van der Waals surface area contributed by atoms with Gasteiger partial charge in [-0.25, -0.2) is 0 Å². The Morgan fingerprint density at radius 1 is 1.09 bits per heavy atom. The third kappa shape index (κ3) is 5.93. The number of ether oxygens (including phenoxy) is 1. The van der Waals surface area contributed by atoms with Crippen LogP contribution < -0.4 is 0 Å². The largest absolute Gasteiger partial charge is 0.394 e. The van der Waals surface area contributed by atoms with Crippen molar-refractivity contribution in [2.24, 2.45) is 17.8 Å². The second kappa shape index (κ2) is 13.8. The Balaban J connectivity index is 1.79. The number of likely N-dealkylation sites (tertiary alicyclic amines) is 1. The lowest BCUT2D eigenvalue weighted by Crippen LogP contribution is -2.60. The first-order chi connectivity index (χ1) is 20.6. The average molecular weight is 594 g/mol. The molecule has 8 nitrogen and oxygen atoms in total. The Kier molecular flexibility index (Phi) is 10.5. The van der Waals surface area contributed by atoms with Crippen LogP contribution in [-0.4, -0.2) is 87.1 Å². The van der Waals surface area contributed by atoms with Gasteiger partial charge in [0.1, 0.15) is 11.6 Å². The van der Waals surface area contributed by atoms with Crippen molar-refractivity contribution in [3.63, 3.8) is 0 Å². The molecule has 2 bridgehead atoms. The van der Waals surface area contributed by atoms with E-state index in [1.165, 1.54) is 0 Å². The number of benzene rings is 1. The van der Waals surface area contributed by atoms with E-state index in [0.717, 1.165) is 31.2 Å². The van der Waals surface area contributed by atoms with Crippen molar-refractivity contribution in [3.8, 4) is 0 Å². The van der Waals surface area contributed by atoms with E-state index in [2.05, 4.69) is 20.1 Å². The number of nitrogens with zero attached hydrogens (tertiary/aromatic N) is 3. The molecule has 0 aromatic heterocycles. The molecule has 3 amide bonds. The number of amides is 3. The standard InChI is InChI=1S/C35H51N3O5/c1-7-11-15-22-36(20-8-2)33(42)30-35-19-18-34(6,43-35)28(29(35)32(41)38(30)27(24-39)25(5)10-4)31(40)37(21-9-3)23-26-16-13-12-14-17-26/h8-9,12-14,16-17,25,27-30,39H,2-3,7,10-11,15,18-24H2,1,4-6H3/t25-,27-,28+,29-,30?,34-,35?/m0/s1. The van der Waals surface area contributed by atoms with Gasteiger partial charge in [0, 0.05) is 26.2 Å². The summed E-state index contributed by atoms with van der Waals surface area (Å²) >= 11 is 0. The van der Waals surface area contributed by atoms with Gasteiger partial charge in [0.2, 0.25) is 17.7 Å². The van der Waals surface area contributed by atoms with E-state index in [0.29, 0.717) is 39.0 Å². The first kappa shape index (κ1) is 32.9. The number of carbonyl (C=O) groups is 3. The van der Waals surface area contributed by atoms with Crippen molar-refractivity contribution >= 4 is 17.7 Å². The van der Waals surface area contributed by atoms with Gasteiger partial charge in [0.25, 0.3) is 0 Å². The van der Waals surface area contributed by atoms with Crippen LogP contribution in [0.4, 0.5) is 0 Å². The minimum absolute atomic E-state index is 0.0512. The molecule has 0 saturated carbocycles. The highest BCUT2D eigenvalue weighted by atomic mass is 16.5. The topological polar surface area (TPSA) is 90.4 Å². The molecule has 3 heterocycles. The third-order valence-corrected chi connectivity index (χ3v) is 10.1. The summed E-state index contributed by atoms with van der Waals surface area (Å²) in [5, 5.41) is 10.6.